The molecule has 1 aromatic heterocycles. The summed E-state index contributed by atoms with van der Waals surface area (Å²) in [4.78, 5) is 12.8. The summed E-state index contributed by atoms with van der Waals surface area (Å²) in [6.07, 6.45) is 1.49. The first kappa shape index (κ1) is 14.4. The summed E-state index contributed by atoms with van der Waals surface area (Å²) in [5.41, 5.74) is 0.627. The van der Waals surface area contributed by atoms with Crippen LogP contribution in [0.2, 0.25) is 0 Å². The number of nitrogens with one attached hydrogen (secondary N) is 1. The zero-order chi connectivity index (χ0) is 13.7. The molecule has 0 unspecified atom stereocenters. The van der Waals surface area contributed by atoms with Crippen LogP contribution in [0.25, 0.3) is 0 Å². The average Bonchev–Trinajstić information content (AvgIpc) is 2.61. The SMILES string of the molecule is CCc1nn(C)c(NCCCN(C)C)c1[N+](=O)[O-]. The number of hydrogen-bond donors (Lipinski definition) is 1. The lowest BCUT2D eigenvalue weighted by Gasteiger charge is -2.10. The molecule has 0 fully saturated rings. The van der Waals surface area contributed by atoms with Crippen molar-refractivity contribution in [3.63, 3.8) is 0 Å². The van der Waals surface area contributed by atoms with E-state index in [1.54, 1.807) is 11.7 Å². The van der Waals surface area contributed by atoms with Crippen molar-refractivity contribution < 1.29 is 4.92 Å². The van der Waals surface area contributed by atoms with Crippen LogP contribution in [0.4, 0.5) is 11.5 Å². The Morgan fingerprint density at radius 1 is 1.50 bits per heavy atom. The van der Waals surface area contributed by atoms with Crippen LogP contribution in [0, 0.1) is 10.1 Å². The Kier molecular flexibility index (Phi) is 5.08. The van der Waals surface area contributed by atoms with Crippen LogP contribution in [0.3, 0.4) is 0 Å². The second-order valence-electron chi connectivity index (χ2n) is 4.46. The second kappa shape index (κ2) is 6.34. The fourth-order valence-electron chi connectivity index (χ4n) is 1.80. The van der Waals surface area contributed by atoms with E-state index in [1.807, 2.05) is 21.0 Å². The molecule has 0 radical (unpaired) electrons. The molecule has 1 aromatic rings. The first-order chi connectivity index (χ1) is 8.47. The fraction of sp³-hybridized carbons (Fsp3) is 0.727. The van der Waals surface area contributed by atoms with Crippen LogP contribution >= 0.6 is 0 Å². The van der Waals surface area contributed by atoms with E-state index >= 15 is 0 Å². The molecule has 0 aliphatic heterocycles. The minimum atomic E-state index is -0.361. The lowest BCUT2D eigenvalue weighted by Crippen LogP contribution is -2.17. The van der Waals surface area contributed by atoms with Crippen LogP contribution in [0.15, 0.2) is 0 Å². The molecular weight excluding hydrogens is 234 g/mol. The Morgan fingerprint density at radius 3 is 2.67 bits per heavy atom. The van der Waals surface area contributed by atoms with E-state index in [2.05, 4.69) is 15.3 Å². The van der Waals surface area contributed by atoms with E-state index < -0.39 is 0 Å². The van der Waals surface area contributed by atoms with E-state index in [0.717, 1.165) is 13.0 Å². The molecule has 0 saturated heterocycles. The standard InChI is InChI=1S/C11H21N5O2/c1-5-9-10(16(17)18)11(15(4)13-9)12-7-6-8-14(2)3/h12H,5-8H2,1-4H3. The number of anilines is 1. The number of aromatic nitrogens is 2. The molecule has 0 bridgehead atoms. The van der Waals surface area contributed by atoms with Crippen molar-refractivity contribution in [3.05, 3.63) is 15.8 Å². The van der Waals surface area contributed by atoms with Gasteiger partial charge in [-0.1, -0.05) is 6.92 Å². The van der Waals surface area contributed by atoms with E-state index in [1.165, 1.54) is 0 Å². The minimum absolute atomic E-state index is 0.102. The van der Waals surface area contributed by atoms with Crippen molar-refractivity contribution in [1.82, 2.24) is 14.7 Å². The van der Waals surface area contributed by atoms with Crippen molar-refractivity contribution in [1.29, 1.82) is 0 Å². The number of nitro groups is 1. The summed E-state index contributed by atoms with van der Waals surface area (Å²) in [6, 6.07) is 0. The predicted octanol–water partition coefficient (Wildman–Crippen LogP) is 1.25. The summed E-state index contributed by atoms with van der Waals surface area (Å²) < 4.78 is 1.55. The Balaban J connectivity index is 2.75. The third kappa shape index (κ3) is 3.43. The molecule has 0 spiro atoms. The normalized spacial score (nSPS) is 10.9. The van der Waals surface area contributed by atoms with Crippen molar-refractivity contribution in [2.24, 2.45) is 7.05 Å². The van der Waals surface area contributed by atoms with E-state index in [9.17, 15) is 10.1 Å². The largest absolute Gasteiger partial charge is 0.364 e. The molecule has 0 aromatic carbocycles. The first-order valence-electron chi connectivity index (χ1n) is 6.06. The van der Waals surface area contributed by atoms with Gasteiger partial charge in [0, 0.05) is 13.6 Å². The highest BCUT2D eigenvalue weighted by atomic mass is 16.6. The van der Waals surface area contributed by atoms with Crippen LogP contribution in [-0.2, 0) is 13.5 Å². The van der Waals surface area contributed by atoms with Gasteiger partial charge in [-0.15, -0.1) is 0 Å². The Morgan fingerprint density at radius 2 is 2.17 bits per heavy atom. The van der Waals surface area contributed by atoms with Crippen LogP contribution in [0.5, 0.6) is 0 Å². The molecule has 1 rings (SSSR count). The molecule has 0 atom stereocenters. The van der Waals surface area contributed by atoms with Gasteiger partial charge in [0.1, 0.15) is 5.69 Å². The topological polar surface area (TPSA) is 76.2 Å². The Bertz CT molecular complexity index is 414. The highest BCUT2D eigenvalue weighted by Crippen LogP contribution is 2.28. The van der Waals surface area contributed by atoms with E-state index in [4.69, 9.17) is 0 Å². The lowest BCUT2D eigenvalue weighted by atomic mass is 10.3. The van der Waals surface area contributed by atoms with Gasteiger partial charge in [-0.2, -0.15) is 5.10 Å². The zero-order valence-corrected chi connectivity index (χ0v) is 11.4. The van der Waals surface area contributed by atoms with Gasteiger partial charge in [0.2, 0.25) is 5.82 Å². The number of nitrogens with zero attached hydrogens (tertiary/aromatic N) is 4. The van der Waals surface area contributed by atoms with E-state index in [0.29, 0.717) is 24.5 Å². The van der Waals surface area contributed by atoms with Gasteiger partial charge in [-0.05, 0) is 33.5 Å². The maximum absolute atomic E-state index is 11.1. The minimum Gasteiger partial charge on any atom is -0.364 e. The molecule has 7 heteroatoms. The summed E-state index contributed by atoms with van der Waals surface area (Å²) in [7, 11) is 5.73. The quantitative estimate of drug-likeness (QED) is 0.451. The van der Waals surface area contributed by atoms with Gasteiger partial charge in [0.25, 0.3) is 0 Å². The zero-order valence-electron chi connectivity index (χ0n) is 11.4. The average molecular weight is 255 g/mol. The second-order valence-corrected chi connectivity index (χ2v) is 4.46. The smallest absolute Gasteiger partial charge is 0.333 e. The molecule has 1 N–H and O–H groups in total. The Hall–Kier alpha value is -1.63. The van der Waals surface area contributed by atoms with Crippen molar-refractivity contribution in [2.75, 3.05) is 32.5 Å². The number of aryl methyl sites for hydroxylation is 2. The maximum Gasteiger partial charge on any atom is 0.333 e. The van der Waals surface area contributed by atoms with E-state index in [-0.39, 0.29) is 10.6 Å². The molecule has 18 heavy (non-hydrogen) atoms. The van der Waals surface area contributed by atoms with Gasteiger partial charge >= 0.3 is 5.69 Å². The van der Waals surface area contributed by atoms with Crippen molar-refractivity contribution in [3.8, 4) is 0 Å². The lowest BCUT2D eigenvalue weighted by molar-refractivity contribution is -0.384. The summed E-state index contributed by atoms with van der Waals surface area (Å²) >= 11 is 0. The van der Waals surface area contributed by atoms with Gasteiger partial charge < -0.3 is 10.2 Å². The highest BCUT2D eigenvalue weighted by molar-refractivity contribution is 5.59. The van der Waals surface area contributed by atoms with Crippen LogP contribution < -0.4 is 5.32 Å². The monoisotopic (exact) mass is 255 g/mol. The first-order valence-corrected chi connectivity index (χ1v) is 6.06. The van der Waals surface area contributed by atoms with Crippen LogP contribution in [0.1, 0.15) is 19.0 Å². The molecule has 102 valence electrons. The number of hydrogen-bond acceptors (Lipinski definition) is 5. The molecule has 0 aliphatic rings. The van der Waals surface area contributed by atoms with Gasteiger partial charge in [-0.25, -0.2) is 4.68 Å². The third-order valence-corrected chi connectivity index (χ3v) is 2.68. The maximum atomic E-state index is 11.1. The van der Waals surface area contributed by atoms with Crippen molar-refractivity contribution >= 4 is 11.5 Å². The third-order valence-electron chi connectivity index (χ3n) is 2.68. The molecule has 0 amide bonds. The van der Waals surface area contributed by atoms with Crippen molar-refractivity contribution in [2.45, 2.75) is 19.8 Å². The summed E-state index contributed by atoms with van der Waals surface area (Å²) in [5.74, 6) is 0.496. The molecule has 1 heterocycles. The molecule has 0 aliphatic carbocycles. The predicted molar refractivity (Wildman–Crippen MR) is 70.9 cm³/mol. The summed E-state index contributed by atoms with van der Waals surface area (Å²) in [6.45, 7) is 3.51. The Labute approximate surface area is 107 Å². The molecule has 0 saturated carbocycles. The molecule has 7 nitrogen and oxygen atoms in total. The van der Waals surface area contributed by atoms with Crippen LogP contribution in [-0.4, -0.2) is 46.8 Å². The van der Waals surface area contributed by atoms with Gasteiger partial charge in [0.05, 0.1) is 4.92 Å². The van der Waals surface area contributed by atoms with Gasteiger partial charge in [0.15, 0.2) is 0 Å². The fourth-order valence-corrected chi connectivity index (χ4v) is 1.80. The summed E-state index contributed by atoms with van der Waals surface area (Å²) in [5, 5.41) is 18.3. The van der Waals surface area contributed by atoms with Gasteiger partial charge in [-0.3, -0.25) is 10.1 Å². The number of rotatable bonds is 7. The molecular formula is C11H21N5O2. The highest BCUT2D eigenvalue weighted by Gasteiger charge is 2.24.